The SMILES string of the molecule is CC(C)(C)c1ccc2c(c1)c1cc(C(C)(C)C)ccc1n2-c1ccc2c(c1)B(c1ccccc1)c1cc3c4c5c1N2c1ccccc1B5c1ccccc1N4c1ccc(-n2c4ccc(C(C)(C)C)cc4c4cc(C(C)(C)C)ccc42)cc1B3c1ccccc1. The lowest BCUT2D eigenvalue weighted by molar-refractivity contribution is 0.590. The summed E-state index contributed by atoms with van der Waals surface area (Å²) >= 11 is 0. The number of aromatic nitrogens is 2. The van der Waals surface area contributed by atoms with Gasteiger partial charge in [-0.2, -0.15) is 0 Å². The lowest BCUT2D eigenvalue weighted by Gasteiger charge is -2.51. The topological polar surface area (TPSA) is 16.3 Å². The van der Waals surface area contributed by atoms with Crippen molar-refractivity contribution in [1.29, 1.82) is 0 Å². The van der Waals surface area contributed by atoms with Gasteiger partial charge in [-0.25, -0.2) is 0 Å². The second-order valence-electron chi connectivity index (χ2n) is 30.2. The number of rotatable bonds is 4. The molecule has 0 saturated carbocycles. The number of para-hydroxylation sites is 2. The third-order valence-electron chi connectivity index (χ3n) is 20.6. The van der Waals surface area contributed by atoms with Crippen molar-refractivity contribution < 1.29 is 0 Å². The van der Waals surface area contributed by atoms with Crippen LogP contribution in [0.2, 0.25) is 0 Å². The van der Waals surface area contributed by atoms with Crippen LogP contribution in [0.3, 0.4) is 0 Å². The average Bonchev–Trinajstić information content (AvgIpc) is 1.61. The van der Waals surface area contributed by atoms with Crippen molar-refractivity contribution in [2.75, 3.05) is 9.80 Å². The molecule has 13 aromatic rings. The maximum Gasteiger partial charge on any atom is 0.252 e. The first-order valence-electron chi connectivity index (χ1n) is 32.3. The van der Waals surface area contributed by atoms with Crippen molar-refractivity contribution in [3.63, 3.8) is 0 Å². The van der Waals surface area contributed by atoms with Gasteiger partial charge in [-0.05, 0) is 179 Å². The summed E-state index contributed by atoms with van der Waals surface area (Å²) in [7, 11) is 0. The normalized spacial score (nSPS) is 14.2. The largest absolute Gasteiger partial charge is 0.312 e. The third-order valence-corrected chi connectivity index (χ3v) is 20.6. The molecule has 0 saturated heterocycles. The first-order chi connectivity index (χ1) is 42.7. The minimum Gasteiger partial charge on any atom is -0.312 e. The molecule has 430 valence electrons. The molecule has 0 N–H and O–H groups in total. The number of anilines is 6. The van der Waals surface area contributed by atoms with Crippen LogP contribution in [0.1, 0.15) is 105 Å². The Kier molecular flexibility index (Phi) is 11.3. The Morgan fingerprint density at radius 2 is 0.573 bits per heavy atom. The van der Waals surface area contributed by atoms with Gasteiger partial charge in [0.1, 0.15) is 0 Å². The lowest BCUT2D eigenvalue weighted by atomic mass is 9.26. The lowest BCUT2D eigenvalue weighted by Crippen LogP contribution is -2.71. The molecule has 4 nitrogen and oxygen atoms in total. The Labute approximate surface area is 525 Å². The van der Waals surface area contributed by atoms with E-state index in [1.54, 1.807) is 0 Å². The monoisotopic (exact) mass is 1150 g/mol. The average molecular weight is 1150 g/mol. The van der Waals surface area contributed by atoms with Crippen LogP contribution in [0.5, 0.6) is 0 Å². The van der Waals surface area contributed by atoms with Gasteiger partial charge in [-0.3, -0.25) is 0 Å². The van der Waals surface area contributed by atoms with Crippen LogP contribution in [0.4, 0.5) is 34.1 Å². The highest BCUT2D eigenvalue weighted by atomic mass is 15.2. The molecule has 6 heterocycles. The second kappa shape index (κ2) is 18.7. The summed E-state index contributed by atoms with van der Waals surface area (Å²) in [4.78, 5) is 5.35. The zero-order chi connectivity index (χ0) is 60.9. The van der Waals surface area contributed by atoms with E-state index in [4.69, 9.17) is 0 Å². The maximum atomic E-state index is 2.68. The fourth-order valence-corrected chi connectivity index (χ4v) is 16.1. The van der Waals surface area contributed by atoms with E-state index in [1.807, 2.05) is 0 Å². The number of fused-ring (bicyclic) bond motifs is 16. The molecule has 11 aromatic carbocycles. The van der Waals surface area contributed by atoms with Crippen molar-refractivity contribution in [2.45, 2.75) is 105 Å². The minimum atomic E-state index is -0.0960. The molecule has 0 atom stereocenters. The molecule has 0 aliphatic carbocycles. The van der Waals surface area contributed by atoms with E-state index in [-0.39, 0.29) is 41.8 Å². The molecule has 0 radical (unpaired) electrons. The summed E-state index contributed by atoms with van der Waals surface area (Å²) in [5, 5.41) is 5.19. The van der Waals surface area contributed by atoms with Crippen LogP contribution in [0, 0.1) is 0 Å². The summed E-state index contributed by atoms with van der Waals surface area (Å²) in [5.74, 6) is 0. The van der Waals surface area contributed by atoms with Gasteiger partial charge >= 0.3 is 0 Å². The molecule has 0 spiro atoms. The summed E-state index contributed by atoms with van der Waals surface area (Å²) in [6, 6.07) is 87.9. The van der Waals surface area contributed by atoms with E-state index < -0.39 is 0 Å². The van der Waals surface area contributed by atoms with E-state index in [0.717, 1.165) is 0 Å². The van der Waals surface area contributed by atoms with Gasteiger partial charge in [0.05, 0.1) is 22.1 Å². The highest BCUT2D eigenvalue weighted by Crippen LogP contribution is 2.47. The van der Waals surface area contributed by atoms with Gasteiger partial charge < -0.3 is 18.9 Å². The highest BCUT2D eigenvalue weighted by Gasteiger charge is 2.52. The van der Waals surface area contributed by atoms with Gasteiger partial charge in [-0.1, -0.05) is 221 Å². The molecular weight excluding hydrogens is 1070 g/mol. The molecule has 0 unspecified atom stereocenters. The molecule has 2 aromatic heterocycles. The number of hydrogen-bond acceptors (Lipinski definition) is 2. The predicted octanol–water partition coefficient (Wildman–Crippen LogP) is 14.8. The van der Waals surface area contributed by atoms with Crippen molar-refractivity contribution in [2.24, 2.45) is 0 Å². The molecule has 0 bridgehead atoms. The number of hydrogen-bond donors (Lipinski definition) is 0. The van der Waals surface area contributed by atoms with E-state index in [2.05, 4.69) is 326 Å². The van der Waals surface area contributed by atoms with Gasteiger partial charge in [0.25, 0.3) is 6.71 Å². The van der Waals surface area contributed by atoms with E-state index in [0.29, 0.717) is 0 Å². The van der Waals surface area contributed by atoms with Crippen LogP contribution in [-0.2, 0) is 21.7 Å². The van der Waals surface area contributed by atoms with Crippen LogP contribution in [0.25, 0.3) is 55.0 Å². The Bertz CT molecular complexity index is 4700. The van der Waals surface area contributed by atoms with E-state index in [1.165, 1.54) is 161 Å². The minimum absolute atomic E-state index is 0.00249. The fraction of sp³-hybridized carbons (Fsp3) is 0.195. The molecule has 0 amide bonds. The van der Waals surface area contributed by atoms with Crippen LogP contribution in [-0.4, -0.2) is 29.3 Å². The molecule has 4 aliphatic rings. The smallest absolute Gasteiger partial charge is 0.252 e. The second-order valence-corrected chi connectivity index (χ2v) is 30.2. The highest BCUT2D eigenvalue weighted by molar-refractivity contribution is 7.06. The zero-order valence-electron chi connectivity index (χ0n) is 53.4. The maximum absolute atomic E-state index is 2.68. The Morgan fingerprint density at radius 3 is 0.910 bits per heavy atom. The van der Waals surface area contributed by atoms with Crippen LogP contribution < -0.4 is 59.0 Å². The quantitative estimate of drug-likeness (QED) is 0.163. The first-order valence-corrected chi connectivity index (χ1v) is 32.3. The molecular formula is C82H73B3N4. The number of benzene rings is 11. The van der Waals surface area contributed by atoms with E-state index >= 15 is 0 Å². The van der Waals surface area contributed by atoms with Gasteiger partial charge in [-0.15, -0.1) is 0 Å². The van der Waals surface area contributed by atoms with Crippen molar-refractivity contribution in [3.8, 4) is 11.4 Å². The summed E-state index contributed by atoms with van der Waals surface area (Å²) < 4.78 is 5.11. The van der Waals surface area contributed by atoms with Crippen molar-refractivity contribution in [3.05, 3.63) is 247 Å². The van der Waals surface area contributed by atoms with Gasteiger partial charge in [0, 0.05) is 67.0 Å². The molecule has 0 fully saturated rings. The Hall–Kier alpha value is -9.19. The summed E-state index contributed by atoms with van der Waals surface area (Å²) in [5.41, 5.74) is 32.1. The molecule has 17 rings (SSSR count). The molecule has 89 heavy (non-hydrogen) atoms. The van der Waals surface area contributed by atoms with Gasteiger partial charge in [0.15, 0.2) is 0 Å². The zero-order valence-corrected chi connectivity index (χ0v) is 53.4. The Morgan fingerprint density at radius 1 is 0.258 bits per heavy atom. The summed E-state index contributed by atoms with van der Waals surface area (Å²) in [6.45, 7) is 27.8. The standard InChI is InChI=1S/C82H73B3N4/c1-79(2,3)50-31-37-68-58(43-50)59-44-51(80(4,5)6)32-38-69(59)86(68)56-35-41-74-64(47-56)83(54-23-15-13-16-24-54)66-49-67-78-76-77(66)88(74)72-29-21-19-27-62(72)85(76)63-28-20-22-30-73(63)89(78)75-42-36-57(48-65(75)84(67)55-25-17-14-18-26-55)87-70-39-33-52(81(7,8)9)45-60(70)61-46-53(82(10,11)12)34-40-71(61)87/h13-49H,1-12H3. The third kappa shape index (κ3) is 7.89. The fourth-order valence-electron chi connectivity index (χ4n) is 16.1. The van der Waals surface area contributed by atoms with E-state index in [9.17, 15) is 0 Å². The Balaban J connectivity index is 0.953. The van der Waals surface area contributed by atoms with Crippen molar-refractivity contribution >= 4 is 147 Å². The summed E-state index contributed by atoms with van der Waals surface area (Å²) in [6.07, 6.45) is 0. The predicted molar refractivity (Wildman–Crippen MR) is 386 cm³/mol. The molecule has 7 heteroatoms. The van der Waals surface area contributed by atoms with Crippen molar-refractivity contribution in [1.82, 2.24) is 9.13 Å². The van der Waals surface area contributed by atoms with Crippen LogP contribution >= 0.6 is 0 Å². The number of nitrogens with zero attached hydrogens (tertiary/aromatic N) is 4. The molecule has 4 aliphatic heterocycles. The van der Waals surface area contributed by atoms with Gasteiger partial charge in [0.2, 0.25) is 13.4 Å². The first kappa shape index (κ1) is 54.0. The van der Waals surface area contributed by atoms with Crippen LogP contribution in [0.15, 0.2) is 224 Å².